The zero-order valence-corrected chi connectivity index (χ0v) is 18.2. The standard InChI is InChI=1S/C19H26FN3O4S.ClH/c1-14(23-28(3,24)25)16-6-4-15(5-7-16)10-21-12-18(13-26-2)27-19-9-8-17(20)11-22-19;/h4-9,11,14,18,21,23H,10,12-13H2,1-3H3;1H/t14-,18+;/m1./s1. The predicted molar refractivity (Wildman–Crippen MR) is 112 cm³/mol. The summed E-state index contributed by atoms with van der Waals surface area (Å²) in [5.74, 6) is -0.0831. The fourth-order valence-electron chi connectivity index (χ4n) is 2.61. The van der Waals surface area contributed by atoms with Gasteiger partial charge in [-0.05, 0) is 24.1 Å². The summed E-state index contributed by atoms with van der Waals surface area (Å²) < 4.78 is 49.0. The normalized spacial score (nSPS) is 13.4. The number of pyridine rings is 1. The van der Waals surface area contributed by atoms with Crippen LogP contribution in [0.4, 0.5) is 4.39 Å². The number of sulfonamides is 1. The molecule has 0 radical (unpaired) electrons. The van der Waals surface area contributed by atoms with E-state index in [9.17, 15) is 12.8 Å². The van der Waals surface area contributed by atoms with Crippen LogP contribution in [0, 0.1) is 5.82 Å². The van der Waals surface area contributed by atoms with Gasteiger partial charge in [0.15, 0.2) is 0 Å². The first-order chi connectivity index (χ1) is 13.3. The van der Waals surface area contributed by atoms with Crippen molar-refractivity contribution >= 4 is 22.4 Å². The fraction of sp³-hybridized carbons (Fsp3) is 0.421. The van der Waals surface area contributed by atoms with Crippen molar-refractivity contribution < 1.29 is 22.3 Å². The van der Waals surface area contributed by atoms with Crippen molar-refractivity contribution in [1.29, 1.82) is 0 Å². The van der Waals surface area contributed by atoms with Crippen LogP contribution in [0.2, 0.25) is 0 Å². The molecule has 2 aromatic rings. The molecular weight excluding hydrogens is 421 g/mol. The Morgan fingerprint density at radius 2 is 1.86 bits per heavy atom. The molecule has 1 heterocycles. The molecule has 0 saturated heterocycles. The second kappa shape index (κ2) is 12.0. The van der Waals surface area contributed by atoms with E-state index in [1.165, 1.54) is 12.1 Å². The van der Waals surface area contributed by atoms with Crippen LogP contribution in [-0.2, 0) is 21.3 Å². The molecule has 0 amide bonds. The zero-order chi connectivity index (χ0) is 20.6. The van der Waals surface area contributed by atoms with E-state index in [-0.39, 0.29) is 24.6 Å². The van der Waals surface area contributed by atoms with Crippen LogP contribution in [0.15, 0.2) is 42.6 Å². The second-order valence-electron chi connectivity index (χ2n) is 6.49. The molecule has 2 atom stereocenters. The molecule has 0 bridgehead atoms. The van der Waals surface area contributed by atoms with Crippen molar-refractivity contribution in [2.24, 2.45) is 0 Å². The lowest BCUT2D eigenvalue weighted by Gasteiger charge is -2.18. The summed E-state index contributed by atoms with van der Waals surface area (Å²) in [6.07, 6.45) is 1.97. The lowest BCUT2D eigenvalue weighted by molar-refractivity contribution is 0.0772. The van der Waals surface area contributed by atoms with Crippen LogP contribution in [-0.4, -0.2) is 46.0 Å². The molecule has 7 nitrogen and oxygen atoms in total. The van der Waals surface area contributed by atoms with Crippen LogP contribution in [0.25, 0.3) is 0 Å². The Hall–Kier alpha value is -1.78. The fourth-order valence-corrected chi connectivity index (χ4v) is 3.39. The van der Waals surface area contributed by atoms with Gasteiger partial charge in [-0.1, -0.05) is 24.3 Å². The largest absolute Gasteiger partial charge is 0.471 e. The molecular formula is C19H27ClFN3O4S. The highest BCUT2D eigenvalue weighted by Crippen LogP contribution is 2.14. The van der Waals surface area contributed by atoms with E-state index < -0.39 is 15.8 Å². The maximum absolute atomic E-state index is 12.9. The van der Waals surface area contributed by atoms with Crippen LogP contribution < -0.4 is 14.8 Å². The molecule has 0 fully saturated rings. The van der Waals surface area contributed by atoms with Gasteiger partial charge in [0, 0.05) is 32.3 Å². The van der Waals surface area contributed by atoms with Crippen LogP contribution in [0.3, 0.4) is 0 Å². The molecule has 162 valence electrons. The average molecular weight is 448 g/mol. The SMILES string of the molecule is COC[C@H](CNCc1ccc([C@@H](C)NS(C)(=O)=O)cc1)Oc1ccc(F)cn1.Cl. The Balaban J connectivity index is 0.00000420. The number of halogens is 2. The summed E-state index contributed by atoms with van der Waals surface area (Å²) in [5.41, 5.74) is 1.93. The number of nitrogens with zero attached hydrogens (tertiary/aromatic N) is 1. The number of methoxy groups -OCH3 is 1. The van der Waals surface area contributed by atoms with Crippen molar-refractivity contribution in [3.63, 3.8) is 0 Å². The summed E-state index contributed by atoms with van der Waals surface area (Å²) >= 11 is 0. The van der Waals surface area contributed by atoms with E-state index in [2.05, 4.69) is 15.0 Å². The van der Waals surface area contributed by atoms with E-state index in [0.29, 0.717) is 25.6 Å². The van der Waals surface area contributed by atoms with E-state index in [1.807, 2.05) is 24.3 Å². The van der Waals surface area contributed by atoms with Gasteiger partial charge in [-0.2, -0.15) is 0 Å². The van der Waals surface area contributed by atoms with Gasteiger partial charge in [-0.3, -0.25) is 0 Å². The van der Waals surface area contributed by atoms with Crippen LogP contribution >= 0.6 is 12.4 Å². The van der Waals surface area contributed by atoms with Gasteiger partial charge in [0.05, 0.1) is 19.1 Å². The highest BCUT2D eigenvalue weighted by Gasteiger charge is 2.12. The minimum Gasteiger partial charge on any atom is -0.471 e. The lowest BCUT2D eigenvalue weighted by Crippen LogP contribution is -2.34. The lowest BCUT2D eigenvalue weighted by atomic mass is 10.1. The van der Waals surface area contributed by atoms with Gasteiger partial charge in [0.25, 0.3) is 0 Å². The van der Waals surface area contributed by atoms with Crippen molar-refractivity contribution in [2.75, 3.05) is 26.5 Å². The third kappa shape index (κ3) is 9.51. The van der Waals surface area contributed by atoms with Crippen molar-refractivity contribution in [3.8, 4) is 5.88 Å². The number of hydrogen-bond donors (Lipinski definition) is 2. The second-order valence-corrected chi connectivity index (χ2v) is 8.27. The molecule has 2 N–H and O–H groups in total. The molecule has 1 aromatic carbocycles. The van der Waals surface area contributed by atoms with E-state index >= 15 is 0 Å². The predicted octanol–water partition coefficient (Wildman–Crippen LogP) is 2.44. The Labute approximate surface area is 177 Å². The van der Waals surface area contributed by atoms with E-state index in [1.54, 1.807) is 14.0 Å². The van der Waals surface area contributed by atoms with Crippen LogP contribution in [0.5, 0.6) is 5.88 Å². The first-order valence-corrected chi connectivity index (χ1v) is 10.7. The van der Waals surface area contributed by atoms with Gasteiger partial charge in [-0.25, -0.2) is 22.5 Å². The molecule has 10 heteroatoms. The highest BCUT2D eigenvalue weighted by atomic mass is 35.5. The smallest absolute Gasteiger partial charge is 0.213 e. The van der Waals surface area contributed by atoms with Crippen molar-refractivity contribution in [2.45, 2.75) is 25.6 Å². The zero-order valence-electron chi connectivity index (χ0n) is 16.6. The maximum atomic E-state index is 12.9. The Bertz CT molecular complexity index is 836. The average Bonchev–Trinajstić information content (AvgIpc) is 2.63. The van der Waals surface area contributed by atoms with Crippen molar-refractivity contribution in [1.82, 2.24) is 15.0 Å². The van der Waals surface area contributed by atoms with Gasteiger partial charge in [-0.15, -0.1) is 12.4 Å². The minimum atomic E-state index is -3.25. The van der Waals surface area contributed by atoms with Crippen LogP contribution in [0.1, 0.15) is 24.1 Å². The van der Waals surface area contributed by atoms with Gasteiger partial charge >= 0.3 is 0 Å². The molecule has 2 rings (SSSR count). The highest BCUT2D eigenvalue weighted by molar-refractivity contribution is 7.88. The molecule has 0 aliphatic rings. The summed E-state index contributed by atoms with van der Waals surface area (Å²) in [5, 5.41) is 3.29. The molecule has 0 aliphatic carbocycles. The first-order valence-electron chi connectivity index (χ1n) is 8.81. The number of rotatable bonds is 11. The summed E-state index contributed by atoms with van der Waals surface area (Å²) in [4.78, 5) is 3.89. The summed E-state index contributed by atoms with van der Waals surface area (Å²) in [7, 11) is -1.67. The molecule has 0 aliphatic heterocycles. The molecule has 0 unspecified atom stereocenters. The molecule has 0 spiro atoms. The van der Waals surface area contributed by atoms with E-state index in [0.717, 1.165) is 23.6 Å². The maximum Gasteiger partial charge on any atom is 0.213 e. The number of benzene rings is 1. The van der Waals surface area contributed by atoms with Gasteiger partial charge in [0.1, 0.15) is 11.9 Å². The Morgan fingerprint density at radius 3 is 2.41 bits per heavy atom. The third-order valence-corrected chi connectivity index (χ3v) is 4.69. The first kappa shape index (κ1) is 25.3. The number of nitrogens with one attached hydrogen (secondary N) is 2. The summed E-state index contributed by atoms with van der Waals surface area (Å²) in [6, 6.07) is 10.1. The van der Waals surface area contributed by atoms with Gasteiger partial charge < -0.3 is 14.8 Å². The monoisotopic (exact) mass is 447 g/mol. The number of aromatic nitrogens is 1. The van der Waals surface area contributed by atoms with Gasteiger partial charge in [0.2, 0.25) is 15.9 Å². The minimum absolute atomic E-state index is 0. The number of hydrogen-bond acceptors (Lipinski definition) is 6. The summed E-state index contributed by atoms with van der Waals surface area (Å²) in [6.45, 7) is 3.28. The molecule has 29 heavy (non-hydrogen) atoms. The topological polar surface area (TPSA) is 89.6 Å². The Morgan fingerprint density at radius 1 is 1.17 bits per heavy atom. The van der Waals surface area contributed by atoms with Crippen molar-refractivity contribution in [3.05, 3.63) is 59.5 Å². The van der Waals surface area contributed by atoms with E-state index in [4.69, 9.17) is 9.47 Å². The molecule has 0 saturated carbocycles. The third-order valence-electron chi connectivity index (χ3n) is 3.91. The number of ether oxygens (including phenoxy) is 2. The quantitative estimate of drug-likeness (QED) is 0.550. The molecule has 1 aromatic heterocycles. The Kier molecular flexibility index (Phi) is 10.5.